The van der Waals surface area contributed by atoms with E-state index in [2.05, 4.69) is 44.2 Å². The summed E-state index contributed by atoms with van der Waals surface area (Å²) in [6.07, 6.45) is 2.16. The summed E-state index contributed by atoms with van der Waals surface area (Å²) in [7, 11) is 0. The first-order chi connectivity index (χ1) is 9.15. The van der Waals surface area contributed by atoms with Crippen molar-refractivity contribution in [3.63, 3.8) is 0 Å². The van der Waals surface area contributed by atoms with Gasteiger partial charge in [-0.3, -0.25) is 4.79 Å². The molecule has 0 amide bonds. The lowest BCUT2D eigenvalue weighted by Crippen LogP contribution is -1.96. The number of Topliss-reactive ketones (excluding diaryl/α,β-unsaturated/α-hetero) is 1. The van der Waals surface area contributed by atoms with Gasteiger partial charge in [0.15, 0.2) is 5.78 Å². The summed E-state index contributed by atoms with van der Waals surface area (Å²) in [5, 5.41) is 0. The number of carbonyl (C=O) groups is 1. The molecular weight excluding hydrogens is 252 g/mol. The van der Waals surface area contributed by atoms with E-state index in [1.807, 2.05) is 6.07 Å². The van der Waals surface area contributed by atoms with Gasteiger partial charge in [-0.25, -0.2) is 0 Å². The van der Waals surface area contributed by atoms with E-state index in [0.29, 0.717) is 17.6 Å². The van der Waals surface area contributed by atoms with Crippen LogP contribution in [-0.4, -0.2) is 5.78 Å². The quantitative estimate of drug-likeness (QED) is 0.704. The number of benzene rings is 1. The van der Waals surface area contributed by atoms with Crippen LogP contribution >= 0.6 is 11.3 Å². The Morgan fingerprint density at radius 3 is 2.68 bits per heavy atom. The van der Waals surface area contributed by atoms with Crippen molar-refractivity contribution in [1.82, 2.24) is 0 Å². The Morgan fingerprint density at radius 2 is 2.00 bits per heavy atom. The smallest absolute Gasteiger partial charge is 0.175 e. The maximum absolute atomic E-state index is 12.0. The molecule has 1 aromatic heterocycles. The highest BCUT2D eigenvalue weighted by Crippen LogP contribution is 2.37. The van der Waals surface area contributed by atoms with Gasteiger partial charge in [0.2, 0.25) is 0 Å². The first kappa shape index (κ1) is 12.6. The highest BCUT2D eigenvalue weighted by Gasteiger charge is 2.31. The van der Waals surface area contributed by atoms with Crippen LogP contribution in [0.25, 0.3) is 10.4 Å². The predicted octanol–water partition coefficient (Wildman–Crippen LogP) is 5.13. The highest BCUT2D eigenvalue weighted by atomic mass is 32.1. The molecule has 1 nitrogen and oxygen atoms in total. The average molecular weight is 270 g/mol. The lowest BCUT2D eigenvalue weighted by atomic mass is 10.0. The number of ketones is 1. The summed E-state index contributed by atoms with van der Waals surface area (Å²) in [5.41, 5.74) is 2.58. The first-order valence-electron chi connectivity index (χ1n) is 6.89. The Bertz CT molecular complexity index is 605. The maximum atomic E-state index is 12.0. The number of rotatable bonds is 4. The molecule has 0 saturated heterocycles. The molecule has 1 aromatic carbocycles. The van der Waals surface area contributed by atoms with Gasteiger partial charge in [0.25, 0.3) is 0 Å². The second kappa shape index (κ2) is 4.93. The lowest BCUT2D eigenvalue weighted by Gasteiger charge is -2.06. The van der Waals surface area contributed by atoms with Crippen LogP contribution in [0.4, 0.5) is 0 Å². The highest BCUT2D eigenvalue weighted by molar-refractivity contribution is 7.17. The molecule has 1 fully saturated rings. The zero-order chi connectivity index (χ0) is 13.4. The van der Waals surface area contributed by atoms with Crippen LogP contribution in [-0.2, 0) is 0 Å². The van der Waals surface area contributed by atoms with E-state index in [0.717, 1.165) is 17.7 Å². The molecule has 0 spiro atoms. The minimum atomic E-state index is 0.313. The van der Waals surface area contributed by atoms with Gasteiger partial charge in [0.05, 0.1) is 4.88 Å². The summed E-state index contributed by atoms with van der Waals surface area (Å²) in [4.78, 5) is 14.2. The molecule has 3 rings (SSSR count). The topological polar surface area (TPSA) is 17.1 Å². The Labute approximate surface area is 118 Å². The largest absolute Gasteiger partial charge is 0.293 e. The van der Waals surface area contributed by atoms with Crippen molar-refractivity contribution in [1.29, 1.82) is 0 Å². The van der Waals surface area contributed by atoms with Gasteiger partial charge < -0.3 is 0 Å². The normalized spacial score (nSPS) is 14.9. The van der Waals surface area contributed by atoms with Crippen molar-refractivity contribution in [2.45, 2.75) is 32.6 Å². The van der Waals surface area contributed by atoms with Crippen LogP contribution in [0.2, 0.25) is 0 Å². The van der Waals surface area contributed by atoms with Crippen LogP contribution in [0, 0.1) is 5.92 Å². The zero-order valence-electron chi connectivity index (χ0n) is 11.3. The van der Waals surface area contributed by atoms with E-state index in [-0.39, 0.29) is 0 Å². The third kappa shape index (κ3) is 2.64. The Balaban J connectivity index is 1.89. The second-order valence-corrected chi connectivity index (χ2v) is 6.67. The molecule has 19 heavy (non-hydrogen) atoms. The van der Waals surface area contributed by atoms with E-state index < -0.39 is 0 Å². The molecule has 98 valence electrons. The molecule has 1 heterocycles. The molecule has 1 aliphatic carbocycles. The zero-order valence-corrected chi connectivity index (χ0v) is 12.2. The third-order valence-corrected chi connectivity index (χ3v) is 4.78. The Kier molecular flexibility index (Phi) is 3.28. The standard InChI is InChI=1S/C17H18OS/c1-11(2)13-4-3-5-14(10-13)15-8-9-16(19-15)17(18)12-6-7-12/h3-5,8-12H,6-7H2,1-2H3. The third-order valence-electron chi connectivity index (χ3n) is 3.63. The van der Waals surface area contributed by atoms with Crippen molar-refractivity contribution in [2.24, 2.45) is 5.92 Å². The average Bonchev–Trinajstić information content (AvgIpc) is 3.15. The van der Waals surface area contributed by atoms with Crippen LogP contribution < -0.4 is 0 Å². The molecule has 0 unspecified atom stereocenters. The first-order valence-corrected chi connectivity index (χ1v) is 7.71. The minimum Gasteiger partial charge on any atom is -0.293 e. The van der Waals surface area contributed by atoms with Crippen LogP contribution in [0.3, 0.4) is 0 Å². The van der Waals surface area contributed by atoms with Crippen LogP contribution in [0.5, 0.6) is 0 Å². The van der Waals surface area contributed by atoms with Gasteiger partial charge in [-0.15, -0.1) is 11.3 Å². The molecule has 0 N–H and O–H groups in total. The number of carbonyl (C=O) groups excluding carboxylic acids is 1. The SMILES string of the molecule is CC(C)c1cccc(-c2ccc(C(=O)C3CC3)s2)c1. The minimum absolute atomic E-state index is 0.313. The van der Waals surface area contributed by atoms with Gasteiger partial charge in [0, 0.05) is 10.8 Å². The molecule has 1 saturated carbocycles. The Morgan fingerprint density at radius 1 is 1.21 bits per heavy atom. The van der Waals surface area contributed by atoms with Crippen LogP contribution in [0.15, 0.2) is 36.4 Å². The molecule has 0 atom stereocenters. The lowest BCUT2D eigenvalue weighted by molar-refractivity contribution is 0.0971. The number of hydrogen-bond donors (Lipinski definition) is 0. The van der Waals surface area contributed by atoms with Crippen molar-refractivity contribution >= 4 is 17.1 Å². The van der Waals surface area contributed by atoms with Crippen LogP contribution in [0.1, 0.15) is 47.8 Å². The summed E-state index contributed by atoms with van der Waals surface area (Å²) >= 11 is 1.63. The van der Waals surface area contributed by atoms with Crippen molar-refractivity contribution in [3.8, 4) is 10.4 Å². The van der Waals surface area contributed by atoms with E-state index in [4.69, 9.17) is 0 Å². The van der Waals surface area contributed by atoms with E-state index >= 15 is 0 Å². The van der Waals surface area contributed by atoms with E-state index in [9.17, 15) is 4.79 Å². The molecule has 2 aromatic rings. The van der Waals surface area contributed by atoms with Crippen molar-refractivity contribution in [3.05, 3.63) is 46.8 Å². The predicted molar refractivity (Wildman–Crippen MR) is 80.9 cm³/mol. The fourth-order valence-electron chi connectivity index (χ4n) is 2.22. The summed E-state index contributed by atoms with van der Waals surface area (Å²) in [6, 6.07) is 12.7. The molecule has 0 bridgehead atoms. The van der Waals surface area contributed by atoms with Crippen molar-refractivity contribution in [2.75, 3.05) is 0 Å². The number of hydrogen-bond acceptors (Lipinski definition) is 2. The fourth-order valence-corrected chi connectivity index (χ4v) is 3.24. The molecular formula is C17H18OS. The van der Waals surface area contributed by atoms with Crippen molar-refractivity contribution < 1.29 is 4.79 Å². The fraction of sp³-hybridized carbons (Fsp3) is 0.353. The van der Waals surface area contributed by atoms with Gasteiger partial charge in [-0.05, 0) is 42.0 Å². The van der Waals surface area contributed by atoms with Gasteiger partial charge in [0.1, 0.15) is 0 Å². The van der Waals surface area contributed by atoms with E-state index in [1.165, 1.54) is 16.0 Å². The summed E-state index contributed by atoms with van der Waals surface area (Å²) in [6.45, 7) is 4.41. The van der Waals surface area contributed by atoms with Gasteiger partial charge in [-0.1, -0.05) is 38.1 Å². The number of thiophene rings is 1. The van der Waals surface area contributed by atoms with Gasteiger partial charge in [-0.2, -0.15) is 0 Å². The van der Waals surface area contributed by atoms with Gasteiger partial charge >= 0.3 is 0 Å². The van der Waals surface area contributed by atoms with E-state index in [1.54, 1.807) is 11.3 Å². The molecule has 1 aliphatic rings. The second-order valence-electron chi connectivity index (χ2n) is 5.58. The Hall–Kier alpha value is -1.41. The molecule has 0 radical (unpaired) electrons. The maximum Gasteiger partial charge on any atom is 0.175 e. The molecule has 2 heteroatoms. The summed E-state index contributed by atoms with van der Waals surface area (Å²) in [5.74, 6) is 1.19. The molecule has 0 aliphatic heterocycles. The summed E-state index contributed by atoms with van der Waals surface area (Å²) < 4.78 is 0. The monoisotopic (exact) mass is 270 g/mol.